The van der Waals surface area contributed by atoms with Crippen molar-refractivity contribution in [1.29, 1.82) is 0 Å². The molecule has 0 aliphatic carbocycles. The molecule has 0 unspecified atom stereocenters. The maximum absolute atomic E-state index is 12.2. The number of nitrogens with one attached hydrogen (secondary N) is 2. The summed E-state index contributed by atoms with van der Waals surface area (Å²) in [5, 5.41) is 6.15. The van der Waals surface area contributed by atoms with Crippen LogP contribution in [0.2, 0.25) is 0 Å². The van der Waals surface area contributed by atoms with Crippen LogP contribution in [0.3, 0.4) is 0 Å². The molecule has 24 heavy (non-hydrogen) atoms. The molecule has 0 fully saturated rings. The van der Waals surface area contributed by atoms with Gasteiger partial charge in [-0.1, -0.05) is 19.1 Å². The maximum atomic E-state index is 12.2. The molecule has 0 radical (unpaired) electrons. The largest absolute Gasteiger partial charge is 0.370 e. The fraction of sp³-hybridized carbons (Fsp3) is 0.368. The van der Waals surface area contributed by atoms with Gasteiger partial charge in [0.15, 0.2) is 0 Å². The Morgan fingerprint density at radius 1 is 1.12 bits per heavy atom. The third-order valence-corrected chi connectivity index (χ3v) is 3.73. The summed E-state index contributed by atoms with van der Waals surface area (Å²) in [5.41, 5.74) is 2.59. The van der Waals surface area contributed by atoms with E-state index in [0.717, 1.165) is 37.4 Å². The van der Waals surface area contributed by atoms with Crippen LogP contribution in [0.25, 0.3) is 0 Å². The number of aromatic nitrogens is 1. The van der Waals surface area contributed by atoms with E-state index in [2.05, 4.69) is 41.5 Å². The van der Waals surface area contributed by atoms with Crippen LogP contribution in [0.4, 0.5) is 11.5 Å². The summed E-state index contributed by atoms with van der Waals surface area (Å²) >= 11 is 0. The highest BCUT2D eigenvalue weighted by Gasteiger charge is 2.07. The van der Waals surface area contributed by atoms with E-state index >= 15 is 0 Å². The normalized spacial score (nSPS) is 10.7. The maximum Gasteiger partial charge on any atom is 0.257 e. The molecule has 2 rings (SSSR count). The smallest absolute Gasteiger partial charge is 0.257 e. The minimum atomic E-state index is -0.147. The van der Waals surface area contributed by atoms with E-state index in [4.69, 9.17) is 0 Å². The lowest BCUT2D eigenvalue weighted by molar-refractivity contribution is 0.102. The molecule has 0 atom stereocenters. The molecule has 2 aromatic rings. The second-order valence-corrected chi connectivity index (χ2v) is 6.02. The van der Waals surface area contributed by atoms with Crippen molar-refractivity contribution in [2.24, 2.45) is 0 Å². The van der Waals surface area contributed by atoms with Gasteiger partial charge < -0.3 is 15.5 Å². The number of amides is 1. The van der Waals surface area contributed by atoms with Gasteiger partial charge >= 0.3 is 0 Å². The zero-order valence-corrected chi connectivity index (χ0v) is 14.7. The molecule has 1 amide bonds. The van der Waals surface area contributed by atoms with Gasteiger partial charge in [0.1, 0.15) is 5.82 Å². The van der Waals surface area contributed by atoms with Crippen molar-refractivity contribution in [2.45, 2.75) is 19.8 Å². The number of benzene rings is 1. The third kappa shape index (κ3) is 5.66. The zero-order valence-electron chi connectivity index (χ0n) is 14.7. The number of carbonyl (C=O) groups excluding carboxylic acids is 1. The van der Waals surface area contributed by atoms with Gasteiger partial charge in [0.25, 0.3) is 5.91 Å². The van der Waals surface area contributed by atoms with Gasteiger partial charge in [-0.2, -0.15) is 0 Å². The van der Waals surface area contributed by atoms with Gasteiger partial charge in [0.05, 0.1) is 5.56 Å². The minimum absolute atomic E-state index is 0.147. The Bertz CT molecular complexity index is 635. The van der Waals surface area contributed by atoms with E-state index < -0.39 is 0 Å². The Labute approximate surface area is 144 Å². The summed E-state index contributed by atoms with van der Waals surface area (Å²) in [5.74, 6) is 0.642. The van der Waals surface area contributed by atoms with Crippen molar-refractivity contribution in [3.05, 3.63) is 53.7 Å². The molecule has 0 aliphatic rings. The van der Waals surface area contributed by atoms with E-state index in [1.54, 1.807) is 12.3 Å². The third-order valence-electron chi connectivity index (χ3n) is 3.73. The Kier molecular flexibility index (Phi) is 6.75. The topological polar surface area (TPSA) is 57.3 Å². The Hall–Kier alpha value is -2.40. The van der Waals surface area contributed by atoms with Gasteiger partial charge in [-0.05, 0) is 63.3 Å². The quantitative estimate of drug-likeness (QED) is 0.731. The van der Waals surface area contributed by atoms with Crippen molar-refractivity contribution < 1.29 is 4.79 Å². The molecular weight excluding hydrogens is 300 g/mol. The van der Waals surface area contributed by atoms with Gasteiger partial charge in [-0.25, -0.2) is 4.98 Å². The van der Waals surface area contributed by atoms with Crippen LogP contribution >= 0.6 is 0 Å². The molecule has 0 saturated carbocycles. The number of hydrogen-bond donors (Lipinski definition) is 2. The van der Waals surface area contributed by atoms with Crippen LogP contribution in [0.15, 0.2) is 42.6 Å². The monoisotopic (exact) mass is 326 g/mol. The van der Waals surface area contributed by atoms with E-state index in [1.807, 2.05) is 30.3 Å². The summed E-state index contributed by atoms with van der Waals surface area (Å²) in [4.78, 5) is 18.7. The van der Waals surface area contributed by atoms with Crippen LogP contribution in [0.1, 0.15) is 29.3 Å². The predicted octanol–water partition coefficient (Wildman–Crippen LogP) is 3.26. The van der Waals surface area contributed by atoms with Crippen LogP contribution < -0.4 is 10.6 Å². The first-order valence-electron chi connectivity index (χ1n) is 8.33. The highest BCUT2D eigenvalue weighted by Crippen LogP contribution is 2.12. The van der Waals surface area contributed by atoms with E-state index in [0.29, 0.717) is 5.56 Å². The van der Waals surface area contributed by atoms with Crippen molar-refractivity contribution >= 4 is 17.4 Å². The molecule has 5 nitrogen and oxygen atoms in total. The number of rotatable bonds is 8. The molecule has 0 bridgehead atoms. The molecule has 1 aromatic heterocycles. The first-order chi connectivity index (χ1) is 11.6. The van der Waals surface area contributed by atoms with Crippen LogP contribution in [-0.2, 0) is 6.42 Å². The number of pyridine rings is 1. The molecule has 0 saturated heterocycles. The van der Waals surface area contributed by atoms with Gasteiger partial charge in [0, 0.05) is 18.4 Å². The van der Waals surface area contributed by atoms with Crippen molar-refractivity contribution in [3.8, 4) is 0 Å². The summed E-state index contributed by atoms with van der Waals surface area (Å²) < 4.78 is 0. The average Bonchev–Trinajstić information content (AvgIpc) is 2.59. The SMILES string of the molecule is CCc1ccc(NC(=O)c2ccc(NCCCN(C)C)nc2)cc1. The second kappa shape index (κ2) is 9.03. The summed E-state index contributed by atoms with van der Waals surface area (Å²) in [6.45, 7) is 4.00. The number of anilines is 2. The summed E-state index contributed by atoms with van der Waals surface area (Å²) in [6, 6.07) is 11.5. The van der Waals surface area contributed by atoms with Gasteiger partial charge in [0.2, 0.25) is 0 Å². The molecule has 0 spiro atoms. The average molecular weight is 326 g/mol. The lowest BCUT2D eigenvalue weighted by Gasteiger charge is -2.10. The summed E-state index contributed by atoms with van der Waals surface area (Å²) in [6.07, 6.45) is 3.63. The highest BCUT2D eigenvalue weighted by atomic mass is 16.1. The molecule has 2 N–H and O–H groups in total. The number of carbonyl (C=O) groups is 1. The van der Waals surface area contributed by atoms with Crippen molar-refractivity contribution in [3.63, 3.8) is 0 Å². The fourth-order valence-electron chi connectivity index (χ4n) is 2.27. The van der Waals surface area contributed by atoms with E-state index in [-0.39, 0.29) is 5.91 Å². The second-order valence-electron chi connectivity index (χ2n) is 6.02. The Morgan fingerprint density at radius 3 is 2.46 bits per heavy atom. The first kappa shape index (κ1) is 17.9. The van der Waals surface area contributed by atoms with Crippen molar-refractivity contribution in [2.75, 3.05) is 37.8 Å². The van der Waals surface area contributed by atoms with E-state index in [1.165, 1.54) is 5.56 Å². The van der Waals surface area contributed by atoms with Crippen LogP contribution in [0.5, 0.6) is 0 Å². The predicted molar refractivity (Wildman–Crippen MR) is 99.7 cm³/mol. The Morgan fingerprint density at radius 2 is 1.88 bits per heavy atom. The standard InChI is InChI=1S/C19H26N4O/c1-4-15-6-9-17(10-7-15)22-19(24)16-8-11-18(21-14-16)20-12-5-13-23(2)3/h6-11,14H,4-5,12-13H2,1-3H3,(H,20,21)(H,22,24). The molecule has 0 aliphatic heterocycles. The van der Waals surface area contributed by atoms with E-state index in [9.17, 15) is 4.79 Å². The molecule has 5 heteroatoms. The minimum Gasteiger partial charge on any atom is -0.370 e. The lowest BCUT2D eigenvalue weighted by atomic mass is 10.1. The first-order valence-corrected chi connectivity index (χ1v) is 8.33. The Balaban J connectivity index is 1.86. The summed E-state index contributed by atoms with van der Waals surface area (Å²) in [7, 11) is 4.11. The zero-order chi connectivity index (χ0) is 17.4. The number of aryl methyl sites for hydroxylation is 1. The van der Waals surface area contributed by atoms with Crippen LogP contribution in [-0.4, -0.2) is 43.0 Å². The van der Waals surface area contributed by atoms with Gasteiger partial charge in [-0.3, -0.25) is 4.79 Å². The molecule has 1 heterocycles. The molecular formula is C19H26N4O. The molecule has 128 valence electrons. The number of hydrogen-bond acceptors (Lipinski definition) is 4. The molecule has 1 aromatic carbocycles. The fourth-order valence-corrected chi connectivity index (χ4v) is 2.27. The highest BCUT2D eigenvalue weighted by molar-refractivity contribution is 6.04. The van der Waals surface area contributed by atoms with Gasteiger partial charge in [-0.15, -0.1) is 0 Å². The van der Waals surface area contributed by atoms with Crippen LogP contribution in [0, 0.1) is 0 Å². The number of nitrogens with zero attached hydrogens (tertiary/aromatic N) is 2. The lowest BCUT2D eigenvalue weighted by Crippen LogP contribution is -2.17. The van der Waals surface area contributed by atoms with Crippen molar-refractivity contribution in [1.82, 2.24) is 9.88 Å².